The molecule has 2 aliphatic rings. The first-order valence-corrected chi connectivity index (χ1v) is 7.24. The number of hydrogen-bond donors (Lipinski definition) is 1. The lowest BCUT2D eigenvalue weighted by Crippen LogP contribution is -2.57. The molecular formula is C13H24F3N3. The molecule has 0 aromatic heterocycles. The molecule has 0 aliphatic carbocycles. The lowest BCUT2D eigenvalue weighted by Gasteiger charge is -2.37. The van der Waals surface area contributed by atoms with Crippen LogP contribution in [-0.4, -0.2) is 60.3 Å². The largest absolute Gasteiger partial charge is 0.405 e. The molecule has 2 rings (SSSR count). The van der Waals surface area contributed by atoms with Crippen molar-refractivity contribution in [2.75, 3.05) is 26.2 Å². The van der Waals surface area contributed by atoms with Gasteiger partial charge in [0.2, 0.25) is 0 Å². The van der Waals surface area contributed by atoms with Crippen molar-refractivity contribution in [3.63, 3.8) is 0 Å². The Morgan fingerprint density at radius 1 is 1.21 bits per heavy atom. The molecule has 0 aromatic carbocycles. The first-order valence-electron chi connectivity index (χ1n) is 7.24. The van der Waals surface area contributed by atoms with Crippen molar-refractivity contribution in [3.8, 4) is 0 Å². The summed E-state index contributed by atoms with van der Waals surface area (Å²) in [5, 5.41) is 0. The van der Waals surface area contributed by atoms with Crippen LogP contribution in [0.25, 0.3) is 0 Å². The molecule has 0 saturated carbocycles. The van der Waals surface area contributed by atoms with Crippen LogP contribution in [0.1, 0.15) is 32.6 Å². The van der Waals surface area contributed by atoms with Gasteiger partial charge in [-0.05, 0) is 38.8 Å². The summed E-state index contributed by atoms with van der Waals surface area (Å²) < 4.78 is 39.8. The smallest absolute Gasteiger partial charge is 0.326 e. The van der Waals surface area contributed by atoms with E-state index in [1.165, 1.54) is 0 Å². The molecule has 2 N–H and O–H groups in total. The van der Waals surface area contributed by atoms with Gasteiger partial charge in [-0.1, -0.05) is 6.92 Å². The van der Waals surface area contributed by atoms with E-state index in [-0.39, 0.29) is 6.04 Å². The fourth-order valence-corrected chi connectivity index (χ4v) is 3.43. The summed E-state index contributed by atoms with van der Waals surface area (Å²) in [6, 6.07) is -2.03. The van der Waals surface area contributed by atoms with E-state index in [0.29, 0.717) is 19.5 Å². The van der Waals surface area contributed by atoms with Crippen LogP contribution in [0, 0.1) is 0 Å². The van der Waals surface area contributed by atoms with Gasteiger partial charge in [-0.3, -0.25) is 9.80 Å². The maximum absolute atomic E-state index is 13.3. The first kappa shape index (κ1) is 15.1. The third-order valence-corrected chi connectivity index (χ3v) is 4.44. The highest BCUT2D eigenvalue weighted by Gasteiger charge is 2.47. The number of rotatable bonds is 3. The fraction of sp³-hybridized carbons (Fsp3) is 1.00. The summed E-state index contributed by atoms with van der Waals surface area (Å²) in [7, 11) is 0. The summed E-state index contributed by atoms with van der Waals surface area (Å²) in [5.41, 5.74) is 5.75. The molecule has 3 unspecified atom stereocenters. The number of alkyl halides is 3. The maximum atomic E-state index is 13.3. The molecule has 6 heteroatoms. The van der Waals surface area contributed by atoms with Crippen molar-refractivity contribution >= 4 is 0 Å². The third kappa shape index (κ3) is 3.41. The number of nitrogens with two attached hydrogens (primary N) is 1. The molecule has 112 valence electrons. The Kier molecular flexibility index (Phi) is 4.74. The standard InChI is InChI=1S/C13H24F3N3/c1-2-11(17)12(13(14,15)16)19-8-4-7-18-6-3-5-10(18)9-19/h10-12H,2-9,17H2,1H3. The number of nitrogens with zero attached hydrogens (tertiary/aromatic N) is 2. The van der Waals surface area contributed by atoms with Crippen LogP contribution in [0.3, 0.4) is 0 Å². The SMILES string of the molecule is CCC(N)C(N1CCCN2CCCC2C1)C(F)(F)F. The molecule has 2 aliphatic heterocycles. The summed E-state index contributed by atoms with van der Waals surface area (Å²) >= 11 is 0. The van der Waals surface area contributed by atoms with Crippen LogP contribution >= 0.6 is 0 Å². The van der Waals surface area contributed by atoms with E-state index in [4.69, 9.17) is 5.73 Å². The molecule has 0 spiro atoms. The van der Waals surface area contributed by atoms with Crippen LogP contribution in [0.2, 0.25) is 0 Å². The van der Waals surface area contributed by atoms with Crippen LogP contribution in [0.5, 0.6) is 0 Å². The maximum Gasteiger partial charge on any atom is 0.405 e. The number of fused-ring (bicyclic) bond motifs is 1. The van der Waals surface area contributed by atoms with Gasteiger partial charge < -0.3 is 5.73 Å². The summed E-state index contributed by atoms with van der Waals surface area (Å²) in [4.78, 5) is 3.93. The van der Waals surface area contributed by atoms with Crippen molar-refractivity contribution in [3.05, 3.63) is 0 Å². The Morgan fingerprint density at radius 3 is 2.53 bits per heavy atom. The third-order valence-electron chi connectivity index (χ3n) is 4.44. The second kappa shape index (κ2) is 5.97. The Bertz CT molecular complexity index is 295. The quantitative estimate of drug-likeness (QED) is 0.855. The molecule has 2 saturated heterocycles. The van der Waals surface area contributed by atoms with Crippen molar-refractivity contribution < 1.29 is 13.2 Å². The molecule has 0 amide bonds. The highest BCUT2D eigenvalue weighted by atomic mass is 19.4. The van der Waals surface area contributed by atoms with Gasteiger partial charge in [0.1, 0.15) is 6.04 Å². The fourth-order valence-electron chi connectivity index (χ4n) is 3.43. The minimum absolute atomic E-state index is 0.288. The van der Waals surface area contributed by atoms with Crippen molar-refractivity contribution in [2.24, 2.45) is 5.73 Å². The number of hydrogen-bond acceptors (Lipinski definition) is 3. The van der Waals surface area contributed by atoms with E-state index < -0.39 is 18.3 Å². The van der Waals surface area contributed by atoms with E-state index in [1.807, 2.05) is 0 Å². The minimum atomic E-state index is -4.23. The summed E-state index contributed by atoms with van der Waals surface area (Å²) in [6.07, 6.45) is -0.949. The predicted molar refractivity (Wildman–Crippen MR) is 68.9 cm³/mol. The van der Waals surface area contributed by atoms with Crippen LogP contribution in [-0.2, 0) is 0 Å². The predicted octanol–water partition coefficient (Wildman–Crippen LogP) is 1.82. The molecule has 2 fully saturated rings. The van der Waals surface area contributed by atoms with E-state index in [1.54, 1.807) is 11.8 Å². The minimum Gasteiger partial charge on any atom is -0.326 e. The zero-order valence-corrected chi connectivity index (χ0v) is 11.5. The number of halogens is 3. The zero-order chi connectivity index (χ0) is 14.0. The van der Waals surface area contributed by atoms with E-state index in [9.17, 15) is 13.2 Å². The van der Waals surface area contributed by atoms with Gasteiger partial charge in [0.05, 0.1) is 0 Å². The Labute approximate surface area is 112 Å². The zero-order valence-electron chi connectivity index (χ0n) is 11.5. The van der Waals surface area contributed by atoms with E-state index in [0.717, 1.165) is 32.4 Å². The van der Waals surface area contributed by atoms with Crippen LogP contribution in [0.4, 0.5) is 13.2 Å². The van der Waals surface area contributed by atoms with Gasteiger partial charge in [-0.15, -0.1) is 0 Å². The van der Waals surface area contributed by atoms with Crippen molar-refractivity contribution in [1.29, 1.82) is 0 Å². The van der Waals surface area contributed by atoms with Crippen LogP contribution < -0.4 is 5.73 Å². The molecule has 19 heavy (non-hydrogen) atoms. The Hall–Kier alpha value is -0.330. The molecular weight excluding hydrogens is 255 g/mol. The van der Waals surface area contributed by atoms with Gasteiger partial charge in [-0.25, -0.2) is 0 Å². The average Bonchev–Trinajstić information content (AvgIpc) is 2.66. The van der Waals surface area contributed by atoms with Gasteiger partial charge >= 0.3 is 6.18 Å². The summed E-state index contributed by atoms with van der Waals surface area (Å²) in [6.45, 7) is 4.70. The molecule has 3 nitrogen and oxygen atoms in total. The molecule has 2 heterocycles. The lowest BCUT2D eigenvalue weighted by molar-refractivity contribution is -0.190. The molecule has 3 atom stereocenters. The second-order valence-electron chi connectivity index (χ2n) is 5.74. The van der Waals surface area contributed by atoms with Gasteiger partial charge in [0.25, 0.3) is 0 Å². The van der Waals surface area contributed by atoms with Crippen LogP contribution in [0.15, 0.2) is 0 Å². The highest BCUT2D eigenvalue weighted by molar-refractivity contribution is 4.93. The second-order valence-corrected chi connectivity index (χ2v) is 5.74. The summed E-state index contributed by atoms with van der Waals surface area (Å²) in [5.74, 6) is 0. The van der Waals surface area contributed by atoms with Gasteiger partial charge in [0.15, 0.2) is 0 Å². The van der Waals surface area contributed by atoms with Gasteiger partial charge in [-0.2, -0.15) is 13.2 Å². The normalized spacial score (nSPS) is 29.8. The molecule has 0 radical (unpaired) electrons. The highest BCUT2D eigenvalue weighted by Crippen LogP contribution is 2.31. The lowest BCUT2D eigenvalue weighted by atomic mass is 10.0. The van der Waals surface area contributed by atoms with E-state index >= 15 is 0 Å². The van der Waals surface area contributed by atoms with Gasteiger partial charge in [0, 0.05) is 25.2 Å². The molecule has 0 bridgehead atoms. The Morgan fingerprint density at radius 2 is 1.89 bits per heavy atom. The van der Waals surface area contributed by atoms with E-state index in [2.05, 4.69) is 4.90 Å². The molecule has 0 aromatic rings. The van der Waals surface area contributed by atoms with Crippen molar-refractivity contribution in [2.45, 2.75) is 56.9 Å². The topological polar surface area (TPSA) is 32.5 Å². The first-order chi connectivity index (χ1) is 8.93. The average molecular weight is 279 g/mol. The Balaban J connectivity index is 2.12. The van der Waals surface area contributed by atoms with Crippen molar-refractivity contribution in [1.82, 2.24) is 9.80 Å². The monoisotopic (exact) mass is 279 g/mol.